The Morgan fingerprint density at radius 3 is 2.50 bits per heavy atom. The first-order valence-electron chi connectivity index (χ1n) is 10.7. The lowest BCUT2D eigenvalue weighted by molar-refractivity contribution is 0.192. The fourth-order valence-corrected chi connectivity index (χ4v) is 3.69. The van der Waals surface area contributed by atoms with Gasteiger partial charge in [-0.2, -0.15) is 5.10 Å². The Morgan fingerprint density at radius 2 is 1.88 bits per heavy atom. The van der Waals surface area contributed by atoms with Gasteiger partial charge in [-0.25, -0.2) is 9.48 Å². The largest absolute Gasteiger partial charge is 0.493 e. The quantitative estimate of drug-likeness (QED) is 0.499. The van der Waals surface area contributed by atoms with Crippen molar-refractivity contribution in [3.63, 3.8) is 0 Å². The molecule has 1 fully saturated rings. The second-order valence-corrected chi connectivity index (χ2v) is 8.14. The summed E-state index contributed by atoms with van der Waals surface area (Å²) in [7, 11) is 1.61. The maximum atomic E-state index is 12.7. The topological polar surface area (TPSA) is 68.6 Å². The van der Waals surface area contributed by atoms with E-state index >= 15 is 0 Å². The van der Waals surface area contributed by atoms with Crippen molar-refractivity contribution in [2.75, 3.05) is 13.7 Å². The number of nitrogens with one attached hydrogen (secondary N) is 1. The van der Waals surface area contributed by atoms with E-state index in [1.165, 1.54) is 0 Å². The highest BCUT2D eigenvalue weighted by atomic mass is 35.5. The van der Waals surface area contributed by atoms with Crippen LogP contribution in [0.1, 0.15) is 31.0 Å². The lowest BCUT2D eigenvalue weighted by atomic mass is 10.2. The van der Waals surface area contributed by atoms with Gasteiger partial charge in [0.05, 0.1) is 30.6 Å². The molecule has 0 unspecified atom stereocenters. The first-order valence-corrected chi connectivity index (χ1v) is 11.1. The van der Waals surface area contributed by atoms with Gasteiger partial charge in [-0.05, 0) is 63.1 Å². The zero-order chi connectivity index (χ0) is 22.7. The van der Waals surface area contributed by atoms with Crippen LogP contribution in [0.4, 0.5) is 4.79 Å². The molecule has 32 heavy (non-hydrogen) atoms. The van der Waals surface area contributed by atoms with Crippen LogP contribution in [0.5, 0.6) is 17.4 Å². The number of aromatic nitrogens is 2. The fraction of sp³-hybridized carbons (Fsp3) is 0.333. The minimum atomic E-state index is -0.0723. The van der Waals surface area contributed by atoms with Crippen molar-refractivity contribution < 1.29 is 14.3 Å². The van der Waals surface area contributed by atoms with Crippen molar-refractivity contribution in [2.24, 2.45) is 0 Å². The van der Waals surface area contributed by atoms with Crippen LogP contribution in [-0.4, -0.2) is 40.4 Å². The number of ether oxygens (including phenoxy) is 2. The maximum Gasteiger partial charge on any atom is 0.317 e. The van der Waals surface area contributed by atoms with E-state index in [0.29, 0.717) is 35.5 Å². The van der Waals surface area contributed by atoms with E-state index in [-0.39, 0.29) is 12.1 Å². The first-order chi connectivity index (χ1) is 15.5. The normalized spacial score (nSPS) is 13.0. The van der Waals surface area contributed by atoms with E-state index in [1.807, 2.05) is 67.3 Å². The molecular weight excluding hydrogens is 428 g/mol. The molecule has 2 aromatic carbocycles. The summed E-state index contributed by atoms with van der Waals surface area (Å²) in [5.41, 5.74) is 2.45. The number of nitrogens with zero attached hydrogens (tertiary/aromatic N) is 3. The summed E-state index contributed by atoms with van der Waals surface area (Å²) in [5, 5.41) is 8.31. The molecule has 1 saturated carbocycles. The number of hydrogen-bond donors (Lipinski definition) is 1. The number of halogens is 1. The average Bonchev–Trinajstić information content (AvgIpc) is 3.58. The number of para-hydroxylation sites is 2. The van der Waals surface area contributed by atoms with Gasteiger partial charge in [0, 0.05) is 17.6 Å². The SMILES string of the molecule is CCNC(=O)N(Cc1c(C)nn(-c2ccc(Cl)cc2)c1Oc1ccccc1OC)C1CC1. The van der Waals surface area contributed by atoms with Crippen LogP contribution in [0.3, 0.4) is 0 Å². The van der Waals surface area contributed by atoms with Gasteiger partial charge < -0.3 is 19.7 Å². The standard InChI is InChI=1S/C24H27ClN4O3/c1-4-26-24(30)28(18-13-14-18)15-20-16(2)27-29(19-11-9-17(25)10-12-19)23(20)32-22-8-6-5-7-21(22)31-3/h5-12,18H,4,13-15H2,1-3H3,(H,26,30). The fourth-order valence-electron chi connectivity index (χ4n) is 3.57. The van der Waals surface area contributed by atoms with Crippen LogP contribution < -0.4 is 14.8 Å². The molecule has 3 aromatic rings. The molecule has 0 spiro atoms. The van der Waals surface area contributed by atoms with Gasteiger partial charge in [-0.1, -0.05) is 23.7 Å². The molecule has 0 saturated heterocycles. The van der Waals surface area contributed by atoms with Gasteiger partial charge in [0.15, 0.2) is 11.5 Å². The second-order valence-electron chi connectivity index (χ2n) is 7.70. The minimum absolute atomic E-state index is 0.0723. The summed E-state index contributed by atoms with van der Waals surface area (Å²) in [6, 6.07) is 15.0. The summed E-state index contributed by atoms with van der Waals surface area (Å²) < 4.78 is 13.6. The molecular formula is C24H27ClN4O3. The molecule has 0 aliphatic heterocycles. The third kappa shape index (κ3) is 4.67. The monoisotopic (exact) mass is 454 g/mol. The summed E-state index contributed by atoms with van der Waals surface area (Å²) in [5.74, 6) is 1.73. The summed E-state index contributed by atoms with van der Waals surface area (Å²) in [6.45, 7) is 4.83. The Bertz CT molecular complexity index is 1090. The third-order valence-corrected chi connectivity index (χ3v) is 5.64. The molecule has 1 aromatic heterocycles. The Labute approximate surface area is 192 Å². The van der Waals surface area contributed by atoms with Crippen molar-refractivity contribution in [1.29, 1.82) is 0 Å². The van der Waals surface area contributed by atoms with E-state index in [0.717, 1.165) is 29.8 Å². The number of hydrogen-bond acceptors (Lipinski definition) is 4. The van der Waals surface area contributed by atoms with Crippen LogP contribution in [-0.2, 0) is 6.54 Å². The van der Waals surface area contributed by atoms with Gasteiger partial charge in [0.25, 0.3) is 0 Å². The maximum absolute atomic E-state index is 12.7. The van der Waals surface area contributed by atoms with E-state index in [2.05, 4.69) is 5.32 Å². The smallest absolute Gasteiger partial charge is 0.317 e. The number of aryl methyl sites for hydroxylation is 1. The van der Waals surface area contributed by atoms with E-state index < -0.39 is 0 Å². The Morgan fingerprint density at radius 1 is 1.19 bits per heavy atom. The van der Waals surface area contributed by atoms with Crippen LogP contribution in [0, 0.1) is 6.92 Å². The number of methoxy groups -OCH3 is 1. The summed E-state index contributed by atoms with van der Waals surface area (Å²) in [6.07, 6.45) is 2.01. The zero-order valence-electron chi connectivity index (χ0n) is 18.5. The van der Waals surface area contributed by atoms with Crippen LogP contribution in [0.2, 0.25) is 5.02 Å². The molecule has 1 heterocycles. The number of benzene rings is 2. The van der Waals surface area contributed by atoms with Crippen molar-refractivity contribution in [2.45, 2.75) is 39.3 Å². The predicted octanol–water partition coefficient (Wildman–Crippen LogP) is 5.33. The molecule has 0 atom stereocenters. The molecule has 4 rings (SSSR count). The van der Waals surface area contributed by atoms with Crippen LogP contribution in [0.25, 0.3) is 5.69 Å². The Hall–Kier alpha value is -3.19. The highest BCUT2D eigenvalue weighted by Gasteiger charge is 2.34. The molecule has 0 radical (unpaired) electrons. The van der Waals surface area contributed by atoms with Gasteiger partial charge in [-0.15, -0.1) is 0 Å². The highest BCUT2D eigenvalue weighted by Crippen LogP contribution is 2.37. The van der Waals surface area contributed by atoms with E-state index in [1.54, 1.807) is 11.8 Å². The lowest BCUT2D eigenvalue weighted by Crippen LogP contribution is -2.40. The number of carbonyl (C=O) groups excluding carboxylic acids is 1. The number of carbonyl (C=O) groups is 1. The van der Waals surface area contributed by atoms with E-state index in [9.17, 15) is 4.79 Å². The number of urea groups is 1. The Balaban J connectivity index is 1.78. The molecule has 1 aliphatic carbocycles. The molecule has 8 heteroatoms. The summed E-state index contributed by atoms with van der Waals surface area (Å²) >= 11 is 6.09. The van der Waals surface area contributed by atoms with Gasteiger partial charge in [0.1, 0.15) is 0 Å². The van der Waals surface area contributed by atoms with Gasteiger partial charge in [0.2, 0.25) is 5.88 Å². The highest BCUT2D eigenvalue weighted by molar-refractivity contribution is 6.30. The molecule has 1 aliphatic rings. The molecule has 1 N–H and O–H groups in total. The van der Waals surface area contributed by atoms with E-state index in [4.69, 9.17) is 26.2 Å². The zero-order valence-corrected chi connectivity index (χ0v) is 19.2. The van der Waals surface area contributed by atoms with Crippen molar-refractivity contribution in [3.05, 3.63) is 64.8 Å². The molecule has 168 valence electrons. The number of rotatable bonds is 8. The van der Waals surface area contributed by atoms with Gasteiger partial charge in [-0.3, -0.25) is 0 Å². The predicted molar refractivity (Wildman–Crippen MR) is 124 cm³/mol. The summed E-state index contributed by atoms with van der Waals surface area (Å²) in [4.78, 5) is 14.6. The minimum Gasteiger partial charge on any atom is -0.493 e. The average molecular weight is 455 g/mol. The number of amides is 2. The second kappa shape index (κ2) is 9.53. The lowest BCUT2D eigenvalue weighted by Gasteiger charge is -2.23. The molecule has 2 amide bonds. The van der Waals surface area contributed by atoms with Crippen molar-refractivity contribution in [3.8, 4) is 23.1 Å². The third-order valence-electron chi connectivity index (χ3n) is 5.39. The first kappa shape index (κ1) is 22.0. The van der Waals surface area contributed by atoms with Crippen LogP contribution in [0.15, 0.2) is 48.5 Å². The van der Waals surface area contributed by atoms with Crippen molar-refractivity contribution >= 4 is 17.6 Å². The molecule has 0 bridgehead atoms. The Kier molecular flexibility index (Phi) is 6.55. The van der Waals surface area contributed by atoms with Crippen molar-refractivity contribution in [1.82, 2.24) is 20.0 Å². The van der Waals surface area contributed by atoms with Crippen LogP contribution >= 0.6 is 11.6 Å². The molecule has 7 nitrogen and oxygen atoms in total. The van der Waals surface area contributed by atoms with Gasteiger partial charge >= 0.3 is 6.03 Å².